The lowest BCUT2D eigenvalue weighted by molar-refractivity contribution is -0.136. The highest BCUT2D eigenvalue weighted by molar-refractivity contribution is 5.93. The third-order valence-corrected chi connectivity index (χ3v) is 6.14. The number of hydrogen-bond donors (Lipinski definition) is 1. The van der Waals surface area contributed by atoms with Crippen LogP contribution in [-0.2, 0) is 11.2 Å². The lowest BCUT2D eigenvalue weighted by Gasteiger charge is -2.36. The minimum absolute atomic E-state index is 0.0870. The van der Waals surface area contributed by atoms with Crippen LogP contribution >= 0.6 is 0 Å². The lowest BCUT2D eigenvalue weighted by Crippen LogP contribution is -2.49. The number of aryl methyl sites for hydroxylation is 1. The second-order valence-corrected chi connectivity index (χ2v) is 8.32. The Bertz CT molecular complexity index is 1190. The van der Waals surface area contributed by atoms with Crippen molar-refractivity contribution < 1.29 is 24.2 Å². The van der Waals surface area contributed by atoms with E-state index in [-0.39, 0.29) is 12.3 Å². The number of anilines is 1. The molecule has 182 valence electrons. The molecule has 1 saturated heterocycles. The van der Waals surface area contributed by atoms with Gasteiger partial charge >= 0.3 is 5.97 Å². The summed E-state index contributed by atoms with van der Waals surface area (Å²) in [5.74, 6) is 0.362. The maximum Gasteiger partial charge on any atom is 0.303 e. The Balaban J connectivity index is 1.39. The summed E-state index contributed by atoms with van der Waals surface area (Å²) in [5, 5.41) is 8.84. The summed E-state index contributed by atoms with van der Waals surface area (Å²) < 4.78 is 10.7. The van der Waals surface area contributed by atoms with Gasteiger partial charge in [-0.15, -0.1) is 0 Å². The van der Waals surface area contributed by atoms with E-state index < -0.39 is 5.97 Å². The number of aromatic nitrogens is 1. The second kappa shape index (κ2) is 10.9. The molecule has 2 aromatic carbocycles. The molecular weight excluding hydrogens is 446 g/mol. The molecule has 1 amide bonds. The van der Waals surface area contributed by atoms with Crippen molar-refractivity contribution in [2.45, 2.75) is 12.8 Å². The van der Waals surface area contributed by atoms with Gasteiger partial charge < -0.3 is 24.4 Å². The predicted octanol–water partition coefficient (Wildman–Crippen LogP) is 3.75. The molecule has 8 heteroatoms. The summed E-state index contributed by atoms with van der Waals surface area (Å²) in [6, 6.07) is 19.0. The Morgan fingerprint density at radius 3 is 2.29 bits per heavy atom. The van der Waals surface area contributed by atoms with Crippen molar-refractivity contribution in [1.29, 1.82) is 0 Å². The van der Waals surface area contributed by atoms with E-state index in [2.05, 4.69) is 9.88 Å². The number of aliphatic carboxylic acids is 1. The highest BCUT2D eigenvalue weighted by Gasteiger charge is 2.23. The third kappa shape index (κ3) is 5.71. The molecule has 0 unspecified atom stereocenters. The zero-order valence-electron chi connectivity index (χ0n) is 19.9. The fourth-order valence-corrected chi connectivity index (χ4v) is 4.16. The third-order valence-electron chi connectivity index (χ3n) is 6.14. The molecule has 0 atom stereocenters. The summed E-state index contributed by atoms with van der Waals surface area (Å²) in [6.45, 7) is 2.63. The zero-order chi connectivity index (χ0) is 24.8. The summed E-state index contributed by atoms with van der Waals surface area (Å²) in [4.78, 5) is 32.6. The first-order valence-electron chi connectivity index (χ1n) is 11.5. The fraction of sp³-hybridized carbons (Fsp3) is 0.296. The average Bonchev–Trinajstić information content (AvgIpc) is 2.91. The largest absolute Gasteiger partial charge is 0.493 e. The number of hydrogen-bond acceptors (Lipinski definition) is 6. The summed E-state index contributed by atoms with van der Waals surface area (Å²) in [7, 11) is 3.18. The van der Waals surface area contributed by atoms with Gasteiger partial charge in [0, 0.05) is 43.9 Å². The molecule has 1 aromatic heterocycles. The van der Waals surface area contributed by atoms with Gasteiger partial charge in [-0.25, -0.2) is 4.98 Å². The molecular formula is C27H29N3O5. The minimum Gasteiger partial charge on any atom is -0.493 e. The zero-order valence-corrected chi connectivity index (χ0v) is 19.9. The fourth-order valence-electron chi connectivity index (χ4n) is 4.16. The molecule has 0 spiro atoms. The van der Waals surface area contributed by atoms with Crippen LogP contribution in [0.3, 0.4) is 0 Å². The number of rotatable bonds is 8. The second-order valence-electron chi connectivity index (χ2n) is 8.32. The summed E-state index contributed by atoms with van der Waals surface area (Å²) >= 11 is 0. The van der Waals surface area contributed by atoms with E-state index in [1.54, 1.807) is 20.3 Å². The van der Waals surface area contributed by atoms with E-state index in [0.717, 1.165) is 29.9 Å². The number of piperazine rings is 1. The van der Waals surface area contributed by atoms with Gasteiger partial charge in [0.2, 0.25) is 0 Å². The molecule has 0 aliphatic carbocycles. The van der Waals surface area contributed by atoms with Crippen LogP contribution in [-0.4, -0.2) is 67.3 Å². The van der Waals surface area contributed by atoms with E-state index in [9.17, 15) is 9.59 Å². The highest BCUT2D eigenvalue weighted by Crippen LogP contribution is 2.31. The number of ether oxygens (including phenoxy) is 2. The van der Waals surface area contributed by atoms with E-state index >= 15 is 0 Å². The number of nitrogens with zero attached hydrogens (tertiary/aromatic N) is 3. The monoisotopic (exact) mass is 475 g/mol. The van der Waals surface area contributed by atoms with Crippen LogP contribution in [0.2, 0.25) is 0 Å². The molecule has 1 aliphatic heterocycles. The molecule has 1 N–H and O–H groups in total. The Labute approximate surface area is 204 Å². The topological polar surface area (TPSA) is 92.2 Å². The molecule has 1 fully saturated rings. The number of pyridine rings is 1. The number of benzene rings is 2. The number of methoxy groups -OCH3 is 2. The van der Waals surface area contributed by atoms with E-state index in [4.69, 9.17) is 14.6 Å². The van der Waals surface area contributed by atoms with Crippen LogP contribution in [0.4, 0.5) is 5.69 Å². The van der Waals surface area contributed by atoms with Crippen molar-refractivity contribution in [2.24, 2.45) is 0 Å². The van der Waals surface area contributed by atoms with E-state index in [1.807, 2.05) is 59.5 Å². The summed E-state index contributed by atoms with van der Waals surface area (Å²) in [5.41, 5.74) is 4.02. The Morgan fingerprint density at radius 2 is 1.63 bits per heavy atom. The quantitative estimate of drug-likeness (QED) is 0.531. The molecule has 1 aliphatic rings. The predicted molar refractivity (Wildman–Crippen MR) is 133 cm³/mol. The van der Waals surface area contributed by atoms with Gasteiger partial charge in [-0.1, -0.05) is 18.2 Å². The number of carbonyl (C=O) groups excluding carboxylic acids is 1. The van der Waals surface area contributed by atoms with Crippen LogP contribution in [0.1, 0.15) is 22.5 Å². The Morgan fingerprint density at radius 1 is 0.914 bits per heavy atom. The Hall–Kier alpha value is -4.07. The normalized spacial score (nSPS) is 13.4. The van der Waals surface area contributed by atoms with Crippen LogP contribution in [0.5, 0.6) is 11.5 Å². The molecule has 4 rings (SSSR count). The van der Waals surface area contributed by atoms with Crippen LogP contribution in [0.25, 0.3) is 11.3 Å². The van der Waals surface area contributed by atoms with Crippen LogP contribution < -0.4 is 14.4 Å². The van der Waals surface area contributed by atoms with Gasteiger partial charge in [0.15, 0.2) is 11.5 Å². The van der Waals surface area contributed by atoms with E-state index in [1.165, 1.54) is 0 Å². The first kappa shape index (κ1) is 24.1. The van der Waals surface area contributed by atoms with Gasteiger partial charge in [-0.3, -0.25) is 9.59 Å². The van der Waals surface area contributed by atoms with E-state index in [0.29, 0.717) is 42.4 Å². The number of carboxylic acids is 1. The molecule has 2 heterocycles. The standard InChI is InChI=1S/C27H29N3O5/c1-34-24-12-9-20(18-25(24)35-2)22-4-3-5-23(28-22)27(33)30-16-14-29(15-17-30)21-10-6-19(7-11-21)8-13-26(31)32/h3-7,9-12,18H,8,13-17H2,1-2H3,(H,31,32). The van der Waals surface area contributed by atoms with Crippen LogP contribution in [0.15, 0.2) is 60.7 Å². The van der Waals surface area contributed by atoms with Gasteiger partial charge in [0.1, 0.15) is 5.69 Å². The Kier molecular flexibility index (Phi) is 7.50. The van der Waals surface area contributed by atoms with Crippen molar-refractivity contribution in [3.63, 3.8) is 0 Å². The minimum atomic E-state index is -0.793. The van der Waals surface area contributed by atoms with Crippen molar-refractivity contribution in [3.8, 4) is 22.8 Å². The highest BCUT2D eigenvalue weighted by atomic mass is 16.5. The first-order chi connectivity index (χ1) is 17.0. The van der Waals surface area contributed by atoms with Gasteiger partial charge in [-0.05, 0) is 54.4 Å². The van der Waals surface area contributed by atoms with Crippen molar-refractivity contribution in [2.75, 3.05) is 45.3 Å². The maximum atomic E-state index is 13.2. The van der Waals surface area contributed by atoms with Crippen molar-refractivity contribution in [1.82, 2.24) is 9.88 Å². The molecule has 3 aromatic rings. The molecule has 0 radical (unpaired) electrons. The smallest absolute Gasteiger partial charge is 0.303 e. The van der Waals surface area contributed by atoms with Gasteiger partial charge in [0.25, 0.3) is 5.91 Å². The van der Waals surface area contributed by atoms with Crippen LogP contribution in [0, 0.1) is 0 Å². The SMILES string of the molecule is COc1ccc(-c2cccc(C(=O)N3CCN(c4ccc(CCC(=O)O)cc4)CC3)n2)cc1OC. The number of amides is 1. The lowest BCUT2D eigenvalue weighted by atomic mass is 10.1. The molecule has 0 saturated carbocycles. The molecule has 35 heavy (non-hydrogen) atoms. The molecule has 0 bridgehead atoms. The van der Waals surface area contributed by atoms with Gasteiger partial charge in [-0.2, -0.15) is 0 Å². The van der Waals surface area contributed by atoms with Crippen molar-refractivity contribution in [3.05, 3.63) is 71.9 Å². The molecule has 8 nitrogen and oxygen atoms in total. The first-order valence-corrected chi connectivity index (χ1v) is 11.5. The van der Waals surface area contributed by atoms with Crippen molar-refractivity contribution >= 4 is 17.6 Å². The average molecular weight is 476 g/mol. The number of carboxylic acid groups (broad SMARTS) is 1. The summed E-state index contributed by atoms with van der Waals surface area (Å²) in [6.07, 6.45) is 0.647. The number of carbonyl (C=O) groups is 2. The maximum absolute atomic E-state index is 13.2. The van der Waals surface area contributed by atoms with Gasteiger partial charge in [0.05, 0.1) is 19.9 Å².